The summed E-state index contributed by atoms with van der Waals surface area (Å²) in [6, 6.07) is 23.2. The number of nitrogens with zero attached hydrogens (tertiary/aromatic N) is 4. The Hall–Kier alpha value is -5.38. The standard InChI is InChI=1S/C38H44N6O8S/c1-25(26-10-6-5-7-11-26)42-20-22-43(23-21-42)30-13-8-12-28-35(30)37(46)44(36(28)45)29(27-15-16-31(50-3)32(24-27)51-4)14-9-19-40-38(47)52-33-17-18-34(41(33)2)53(39,48)49/h5-8,10-13,15-18,24-25,29H,9,14,19-23H2,1-4H3,(H,40,47)(H2,39,48,49)/t25-,29-/m1/s1. The normalized spacial score (nSPS) is 15.9. The summed E-state index contributed by atoms with van der Waals surface area (Å²) in [6.45, 7) is 5.33. The summed E-state index contributed by atoms with van der Waals surface area (Å²) in [6.07, 6.45) is -0.156. The Kier molecular flexibility index (Phi) is 11.1. The first-order valence-electron chi connectivity index (χ1n) is 17.3. The minimum atomic E-state index is -4.01. The van der Waals surface area contributed by atoms with E-state index in [1.165, 1.54) is 43.9 Å². The van der Waals surface area contributed by atoms with E-state index in [0.717, 1.165) is 23.3 Å². The van der Waals surface area contributed by atoms with Crippen LogP contribution in [0.5, 0.6) is 17.4 Å². The van der Waals surface area contributed by atoms with Crippen LogP contribution in [0.3, 0.4) is 0 Å². The van der Waals surface area contributed by atoms with E-state index in [0.29, 0.717) is 54.1 Å². The molecule has 2 aliphatic heterocycles. The van der Waals surface area contributed by atoms with Crippen LogP contribution in [0.2, 0.25) is 0 Å². The Bertz CT molecular complexity index is 2100. The number of aromatic nitrogens is 1. The minimum absolute atomic E-state index is 0.0105. The number of carbonyl (C=O) groups is 3. The largest absolute Gasteiger partial charge is 0.493 e. The van der Waals surface area contributed by atoms with Crippen LogP contribution in [-0.2, 0) is 17.1 Å². The number of fused-ring (bicyclic) bond motifs is 1. The van der Waals surface area contributed by atoms with Gasteiger partial charge in [-0.05, 0) is 61.2 Å². The van der Waals surface area contributed by atoms with E-state index in [4.69, 9.17) is 19.3 Å². The molecule has 3 amide bonds. The molecule has 0 aliphatic carbocycles. The second kappa shape index (κ2) is 15.7. The SMILES string of the molecule is COc1ccc([C@@H](CCCNC(=O)Oc2ccc(S(N)(=O)=O)n2C)N2C(=O)c3cccc(N4CCN([C@H](C)c5ccccc5)CC4)c3C2=O)cc1OC. The van der Waals surface area contributed by atoms with Crippen molar-refractivity contribution in [2.24, 2.45) is 12.2 Å². The summed E-state index contributed by atoms with van der Waals surface area (Å²) in [7, 11) is 0.447. The number of benzene rings is 3. The number of anilines is 1. The highest BCUT2D eigenvalue weighted by atomic mass is 32.2. The zero-order valence-corrected chi connectivity index (χ0v) is 31.0. The maximum atomic E-state index is 14.4. The summed E-state index contributed by atoms with van der Waals surface area (Å²) >= 11 is 0. The first kappa shape index (κ1) is 37.4. The highest BCUT2D eigenvalue weighted by Crippen LogP contribution is 2.40. The van der Waals surface area contributed by atoms with Gasteiger partial charge in [0.05, 0.1) is 37.1 Å². The van der Waals surface area contributed by atoms with Gasteiger partial charge in [-0.15, -0.1) is 0 Å². The van der Waals surface area contributed by atoms with Crippen molar-refractivity contribution in [3.05, 3.63) is 101 Å². The molecule has 0 bridgehead atoms. The molecule has 14 nitrogen and oxygen atoms in total. The highest BCUT2D eigenvalue weighted by molar-refractivity contribution is 7.89. The summed E-state index contributed by atoms with van der Waals surface area (Å²) in [5, 5.41) is 7.67. The molecule has 2 atom stereocenters. The fourth-order valence-electron chi connectivity index (χ4n) is 7.11. The predicted octanol–water partition coefficient (Wildman–Crippen LogP) is 4.48. The zero-order valence-electron chi connectivity index (χ0n) is 30.2. The summed E-state index contributed by atoms with van der Waals surface area (Å²) in [5.74, 6) is 0.143. The Labute approximate surface area is 309 Å². The summed E-state index contributed by atoms with van der Waals surface area (Å²) in [5.41, 5.74) is 3.37. The van der Waals surface area contributed by atoms with Crippen LogP contribution in [0.4, 0.5) is 10.5 Å². The smallest absolute Gasteiger partial charge is 0.413 e. The second-order valence-corrected chi connectivity index (χ2v) is 14.5. The van der Waals surface area contributed by atoms with Crippen molar-refractivity contribution in [1.82, 2.24) is 19.7 Å². The van der Waals surface area contributed by atoms with Crippen LogP contribution in [-0.4, -0.2) is 87.6 Å². The molecule has 0 saturated carbocycles. The number of hydrogen-bond donors (Lipinski definition) is 2. The molecule has 1 fully saturated rings. The average Bonchev–Trinajstić information content (AvgIpc) is 3.66. The van der Waals surface area contributed by atoms with Gasteiger partial charge in [-0.3, -0.25) is 19.4 Å². The topological polar surface area (TPSA) is 166 Å². The molecule has 1 saturated heterocycles. The van der Waals surface area contributed by atoms with Crippen LogP contribution in [0.15, 0.2) is 83.9 Å². The van der Waals surface area contributed by atoms with Crippen LogP contribution in [0, 0.1) is 0 Å². The fourth-order valence-corrected chi connectivity index (χ4v) is 7.84. The Balaban J connectivity index is 1.19. The number of nitrogens with one attached hydrogen (secondary N) is 1. The molecule has 3 heterocycles. The van der Waals surface area contributed by atoms with Gasteiger partial charge in [-0.1, -0.05) is 42.5 Å². The van der Waals surface area contributed by atoms with Gasteiger partial charge in [0.2, 0.25) is 5.88 Å². The van der Waals surface area contributed by atoms with Crippen molar-refractivity contribution in [2.75, 3.05) is 51.8 Å². The first-order chi connectivity index (χ1) is 25.4. The van der Waals surface area contributed by atoms with Crippen molar-refractivity contribution >= 4 is 33.6 Å². The maximum absolute atomic E-state index is 14.4. The van der Waals surface area contributed by atoms with Crippen LogP contribution < -0.4 is 29.6 Å². The van der Waals surface area contributed by atoms with Gasteiger partial charge in [-0.2, -0.15) is 0 Å². The highest BCUT2D eigenvalue weighted by Gasteiger charge is 2.43. The van der Waals surface area contributed by atoms with E-state index in [2.05, 4.69) is 34.2 Å². The number of rotatable bonds is 13. The third-order valence-corrected chi connectivity index (χ3v) is 10.9. The van der Waals surface area contributed by atoms with Gasteiger partial charge in [0.1, 0.15) is 0 Å². The molecule has 6 rings (SSSR count). The van der Waals surface area contributed by atoms with Gasteiger partial charge in [0.15, 0.2) is 16.5 Å². The average molecular weight is 745 g/mol. The molecule has 3 aromatic carbocycles. The number of amides is 3. The molecule has 15 heteroatoms. The van der Waals surface area contributed by atoms with E-state index in [-0.39, 0.29) is 29.4 Å². The van der Waals surface area contributed by atoms with Gasteiger partial charge in [0.25, 0.3) is 21.8 Å². The minimum Gasteiger partial charge on any atom is -0.493 e. The number of ether oxygens (including phenoxy) is 3. The van der Waals surface area contributed by atoms with Crippen LogP contribution >= 0.6 is 0 Å². The quantitative estimate of drug-likeness (QED) is 0.147. The number of primary sulfonamides is 1. The molecule has 280 valence electrons. The van der Waals surface area contributed by atoms with E-state index in [9.17, 15) is 22.8 Å². The third kappa shape index (κ3) is 7.72. The number of imide groups is 1. The van der Waals surface area contributed by atoms with Gasteiger partial charge in [-0.25, -0.2) is 18.4 Å². The molecule has 4 aromatic rings. The molecule has 3 N–H and O–H groups in total. The van der Waals surface area contributed by atoms with E-state index in [1.807, 2.05) is 30.3 Å². The van der Waals surface area contributed by atoms with E-state index < -0.39 is 28.1 Å². The van der Waals surface area contributed by atoms with E-state index >= 15 is 0 Å². The number of methoxy groups -OCH3 is 2. The van der Waals surface area contributed by atoms with Gasteiger partial charge < -0.3 is 29.0 Å². The van der Waals surface area contributed by atoms with Crippen molar-refractivity contribution in [2.45, 2.75) is 36.9 Å². The number of hydrogen-bond acceptors (Lipinski definition) is 10. The number of piperazine rings is 1. The lowest BCUT2D eigenvalue weighted by molar-refractivity contribution is 0.0571. The Morgan fingerprint density at radius 1 is 0.868 bits per heavy atom. The molecule has 0 spiro atoms. The lowest BCUT2D eigenvalue weighted by Gasteiger charge is -2.39. The first-order valence-corrected chi connectivity index (χ1v) is 18.9. The van der Waals surface area contributed by atoms with Gasteiger partial charge in [0, 0.05) is 51.9 Å². The molecular formula is C38H44N6O8S. The maximum Gasteiger partial charge on any atom is 0.413 e. The number of carbonyl (C=O) groups excluding carboxylic acids is 3. The van der Waals surface area contributed by atoms with Crippen molar-refractivity contribution in [1.29, 1.82) is 0 Å². The predicted molar refractivity (Wildman–Crippen MR) is 198 cm³/mol. The second-order valence-electron chi connectivity index (χ2n) is 13.0. The summed E-state index contributed by atoms with van der Waals surface area (Å²) < 4.78 is 41.0. The molecule has 1 aromatic heterocycles. The lowest BCUT2D eigenvalue weighted by atomic mass is 9.99. The Morgan fingerprint density at radius 2 is 1.58 bits per heavy atom. The summed E-state index contributed by atoms with van der Waals surface area (Å²) in [4.78, 5) is 47.1. The van der Waals surface area contributed by atoms with Crippen LogP contribution in [0.25, 0.3) is 0 Å². The molecular weight excluding hydrogens is 701 g/mol. The molecule has 0 unspecified atom stereocenters. The van der Waals surface area contributed by atoms with Gasteiger partial charge >= 0.3 is 6.09 Å². The molecule has 2 aliphatic rings. The lowest BCUT2D eigenvalue weighted by Crippen LogP contribution is -2.47. The fraction of sp³-hybridized carbons (Fsp3) is 0.342. The Morgan fingerprint density at radius 3 is 2.25 bits per heavy atom. The monoisotopic (exact) mass is 744 g/mol. The van der Waals surface area contributed by atoms with Crippen molar-refractivity contribution in [3.8, 4) is 17.4 Å². The van der Waals surface area contributed by atoms with Crippen molar-refractivity contribution in [3.63, 3.8) is 0 Å². The third-order valence-electron chi connectivity index (χ3n) is 9.96. The molecule has 0 radical (unpaired) electrons. The van der Waals surface area contributed by atoms with Crippen molar-refractivity contribution < 1.29 is 37.0 Å². The zero-order chi connectivity index (χ0) is 37.9. The molecule has 53 heavy (non-hydrogen) atoms. The van der Waals surface area contributed by atoms with Crippen LogP contribution in [0.1, 0.15) is 63.7 Å². The van der Waals surface area contributed by atoms with E-state index in [1.54, 1.807) is 24.3 Å². The number of nitrogens with two attached hydrogens (primary N) is 1. The number of sulfonamides is 1.